The summed E-state index contributed by atoms with van der Waals surface area (Å²) in [6.07, 6.45) is 3.53. The number of benzene rings is 1. The average molecular weight is 217 g/mol. The molecule has 0 radical (unpaired) electrons. The highest BCUT2D eigenvalue weighted by Crippen LogP contribution is 2.13. The Kier molecular flexibility index (Phi) is 3.22. The smallest absolute Gasteiger partial charge is 0.157 e. The molecule has 2 N–H and O–H groups in total. The molecule has 84 valence electrons. The summed E-state index contributed by atoms with van der Waals surface area (Å²) in [6.45, 7) is 2.40. The minimum Gasteiger partial charge on any atom is -0.489 e. The maximum absolute atomic E-state index is 5.61. The Labute approximate surface area is 94.6 Å². The van der Waals surface area contributed by atoms with Crippen molar-refractivity contribution in [2.45, 2.75) is 13.0 Å². The van der Waals surface area contributed by atoms with E-state index < -0.39 is 0 Å². The van der Waals surface area contributed by atoms with E-state index in [0.717, 1.165) is 11.4 Å². The number of rotatable bonds is 4. The predicted molar refractivity (Wildman–Crippen MR) is 62.7 cm³/mol. The van der Waals surface area contributed by atoms with Crippen LogP contribution in [0.4, 0.5) is 0 Å². The summed E-state index contributed by atoms with van der Waals surface area (Å²) in [7, 11) is 0. The van der Waals surface area contributed by atoms with Crippen LogP contribution < -0.4 is 10.5 Å². The Morgan fingerprint density at radius 3 is 2.81 bits per heavy atom. The summed E-state index contributed by atoms with van der Waals surface area (Å²) < 4.78 is 7.24. The summed E-state index contributed by atoms with van der Waals surface area (Å²) in [4.78, 5) is 0. The molecule has 0 bridgehead atoms. The highest BCUT2D eigenvalue weighted by molar-refractivity contribution is 5.32. The van der Waals surface area contributed by atoms with Crippen LogP contribution >= 0.6 is 0 Å². The van der Waals surface area contributed by atoms with Gasteiger partial charge in [0.15, 0.2) is 5.75 Å². The van der Waals surface area contributed by atoms with Crippen LogP contribution in [0.2, 0.25) is 0 Å². The van der Waals surface area contributed by atoms with Gasteiger partial charge in [0.1, 0.15) is 6.61 Å². The van der Waals surface area contributed by atoms with Crippen LogP contribution in [-0.2, 0) is 0 Å². The summed E-state index contributed by atoms with van der Waals surface area (Å²) >= 11 is 0. The van der Waals surface area contributed by atoms with Crippen molar-refractivity contribution < 1.29 is 4.74 Å². The van der Waals surface area contributed by atoms with Crippen molar-refractivity contribution >= 4 is 0 Å². The van der Waals surface area contributed by atoms with Gasteiger partial charge in [0, 0.05) is 6.04 Å². The standard InChI is InChI=1S/C12H15N3O/c1-10(13)9-16-12-7-14-15(8-12)11-5-3-2-4-6-11/h2-8,10H,9,13H2,1H3. The molecule has 0 aliphatic carbocycles. The largest absolute Gasteiger partial charge is 0.489 e. The monoisotopic (exact) mass is 217 g/mol. The van der Waals surface area contributed by atoms with Crippen LogP contribution in [-0.4, -0.2) is 22.4 Å². The summed E-state index contributed by atoms with van der Waals surface area (Å²) in [5, 5.41) is 4.22. The number of nitrogens with two attached hydrogens (primary N) is 1. The van der Waals surface area contributed by atoms with Crippen molar-refractivity contribution in [2.24, 2.45) is 5.73 Å². The van der Waals surface area contributed by atoms with Crippen molar-refractivity contribution in [3.05, 3.63) is 42.7 Å². The van der Waals surface area contributed by atoms with Crippen LogP contribution in [0.15, 0.2) is 42.7 Å². The number of hydrogen-bond acceptors (Lipinski definition) is 3. The fourth-order valence-electron chi connectivity index (χ4n) is 1.33. The molecule has 0 saturated heterocycles. The maximum atomic E-state index is 5.61. The van der Waals surface area contributed by atoms with Crippen LogP contribution in [0.5, 0.6) is 5.75 Å². The molecule has 1 unspecified atom stereocenters. The molecule has 4 nitrogen and oxygen atoms in total. The van der Waals surface area contributed by atoms with Gasteiger partial charge >= 0.3 is 0 Å². The first-order valence-corrected chi connectivity index (χ1v) is 5.24. The molecule has 0 spiro atoms. The van der Waals surface area contributed by atoms with Gasteiger partial charge in [0.2, 0.25) is 0 Å². The summed E-state index contributed by atoms with van der Waals surface area (Å²) in [6, 6.07) is 9.92. The van der Waals surface area contributed by atoms with E-state index in [1.165, 1.54) is 0 Å². The van der Waals surface area contributed by atoms with Gasteiger partial charge in [0.25, 0.3) is 0 Å². The second kappa shape index (κ2) is 4.81. The molecule has 0 fully saturated rings. The van der Waals surface area contributed by atoms with E-state index in [2.05, 4.69) is 5.10 Å². The van der Waals surface area contributed by atoms with Gasteiger partial charge < -0.3 is 10.5 Å². The van der Waals surface area contributed by atoms with E-state index in [-0.39, 0.29) is 6.04 Å². The van der Waals surface area contributed by atoms with Crippen LogP contribution in [0, 0.1) is 0 Å². The van der Waals surface area contributed by atoms with Gasteiger partial charge in [-0.05, 0) is 19.1 Å². The third kappa shape index (κ3) is 2.61. The molecule has 1 aromatic heterocycles. The van der Waals surface area contributed by atoms with Crippen molar-refractivity contribution in [3.63, 3.8) is 0 Å². The zero-order chi connectivity index (χ0) is 11.4. The lowest BCUT2D eigenvalue weighted by atomic mass is 10.3. The second-order valence-corrected chi connectivity index (χ2v) is 3.74. The summed E-state index contributed by atoms with van der Waals surface area (Å²) in [5.41, 5.74) is 6.62. The van der Waals surface area contributed by atoms with Crippen molar-refractivity contribution in [1.82, 2.24) is 9.78 Å². The molecule has 1 atom stereocenters. The zero-order valence-electron chi connectivity index (χ0n) is 9.21. The van der Waals surface area contributed by atoms with Gasteiger partial charge in [-0.1, -0.05) is 18.2 Å². The first-order valence-electron chi connectivity index (χ1n) is 5.24. The molecule has 0 aliphatic heterocycles. The number of nitrogens with zero attached hydrogens (tertiary/aromatic N) is 2. The van der Waals surface area contributed by atoms with E-state index in [1.54, 1.807) is 10.9 Å². The SMILES string of the molecule is CC(N)COc1cnn(-c2ccccc2)c1. The molecule has 2 rings (SSSR count). The zero-order valence-corrected chi connectivity index (χ0v) is 9.21. The highest BCUT2D eigenvalue weighted by atomic mass is 16.5. The van der Waals surface area contributed by atoms with Gasteiger partial charge in [-0.25, -0.2) is 4.68 Å². The van der Waals surface area contributed by atoms with Crippen LogP contribution in [0.1, 0.15) is 6.92 Å². The summed E-state index contributed by atoms with van der Waals surface area (Å²) in [5.74, 6) is 0.737. The minimum absolute atomic E-state index is 0.0278. The molecule has 4 heteroatoms. The Balaban J connectivity index is 2.08. The third-order valence-electron chi connectivity index (χ3n) is 2.09. The molecule has 16 heavy (non-hydrogen) atoms. The first-order chi connectivity index (χ1) is 7.75. The number of hydrogen-bond donors (Lipinski definition) is 1. The van der Waals surface area contributed by atoms with Gasteiger partial charge in [0.05, 0.1) is 18.1 Å². The number of para-hydroxylation sites is 1. The Bertz CT molecular complexity index is 437. The quantitative estimate of drug-likeness (QED) is 0.846. The fourth-order valence-corrected chi connectivity index (χ4v) is 1.33. The number of aromatic nitrogens is 2. The molecule has 1 heterocycles. The molecular formula is C12H15N3O. The van der Waals surface area contributed by atoms with Crippen molar-refractivity contribution in [1.29, 1.82) is 0 Å². The first kappa shape index (κ1) is 10.7. The lowest BCUT2D eigenvalue weighted by Crippen LogP contribution is -2.23. The molecule has 0 amide bonds. The normalized spacial score (nSPS) is 12.4. The van der Waals surface area contributed by atoms with E-state index >= 15 is 0 Å². The lowest BCUT2D eigenvalue weighted by molar-refractivity contribution is 0.296. The molecular weight excluding hydrogens is 202 g/mol. The highest BCUT2D eigenvalue weighted by Gasteiger charge is 2.02. The van der Waals surface area contributed by atoms with E-state index in [1.807, 2.05) is 43.5 Å². The predicted octanol–water partition coefficient (Wildman–Crippen LogP) is 1.60. The number of ether oxygens (including phenoxy) is 1. The lowest BCUT2D eigenvalue weighted by Gasteiger charge is -2.05. The topological polar surface area (TPSA) is 53.1 Å². The average Bonchev–Trinajstić information content (AvgIpc) is 2.76. The van der Waals surface area contributed by atoms with E-state index in [9.17, 15) is 0 Å². The van der Waals surface area contributed by atoms with Crippen LogP contribution in [0.25, 0.3) is 5.69 Å². The maximum Gasteiger partial charge on any atom is 0.157 e. The third-order valence-corrected chi connectivity index (χ3v) is 2.09. The Hall–Kier alpha value is -1.81. The minimum atomic E-state index is 0.0278. The fraction of sp³-hybridized carbons (Fsp3) is 0.250. The molecule has 0 saturated carbocycles. The molecule has 0 aliphatic rings. The van der Waals surface area contributed by atoms with E-state index in [0.29, 0.717) is 6.61 Å². The molecule has 2 aromatic rings. The van der Waals surface area contributed by atoms with E-state index in [4.69, 9.17) is 10.5 Å². The van der Waals surface area contributed by atoms with Gasteiger partial charge in [-0.3, -0.25) is 0 Å². The van der Waals surface area contributed by atoms with Gasteiger partial charge in [-0.15, -0.1) is 0 Å². The second-order valence-electron chi connectivity index (χ2n) is 3.74. The van der Waals surface area contributed by atoms with Crippen molar-refractivity contribution in [3.8, 4) is 11.4 Å². The van der Waals surface area contributed by atoms with Gasteiger partial charge in [-0.2, -0.15) is 5.10 Å². The van der Waals surface area contributed by atoms with Crippen molar-refractivity contribution in [2.75, 3.05) is 6.61 Å². The molecule has 1 aromatic carbocycles. The Morgan fingerprint density at radius 1 is 1.38 bits per heavy atom. The Morgan fingerprint density at radius 2 is 2.12 bits per heavy atom. The van der Waals surface area contributed by atoms with Crippen LogP contribution in [0.3, 0.4) is 0 Å².